The molecule has 1 aromatic rings. The normalized spacial score (nSPS) is 24.5. The first-order valence-electron chi connectivity index (χ1n) is 11.9. The van der Waals surface area contributed by atoms with Crippen LogP contribution in [0.3, 0.4) is 0 Å². The first-order chi connectivity index (χ1) is 14.7. The summed E-state index contributed by atoms with van der Waals surface area (Å²) < 4.78 is 0. The minimum absolute atomic E-state index is 0.0670. The number of amides is 2. The van der Waals surface area contributed by atoms with Crippen LogP contribution in [-0.2, 0) is 16.1 Å². The fourth-order valence-corrected chi connectivity index (χ4v) is 5.45. The Balaban J connectivity index is 1.23. The molecule has 30 heavy (non-hydrogen) atoms. The van der Waals surface area contributed by atoms with E-state index < -0.39 is 0 Å². The van der Waals surface area contributed by atoms with Gasteiger partial charge in [0.15, 0.2) is 0 Å². The first kappa shape index (κ1) is 21.3. The van der Waals surface area contributed by atoms with Gasteiger partial charge in [0.2, 0.25) is 11.8 Å². The van der Waals surface area contributed by atoms with Gasteiger partial charge >= 0.3 is 0 Å². The molecule has 1 aromatic heterocycles. The van der Waals surface area contributed by atoms with Gasteiger partial charge in [-0.2, -0.15) is 0 Å². The average Bonchev–Trinajstić information content (AvgIpc) is 2.83. The van der Waals surface area contributed by atoms with Gasteiger partial charge in [-0.25, -0.2) is 0 Å². The van der Waals surface area contributed by atoms with Gasteiger partial charge in [-0.3, -0.25) is 19.5 Å². The second-order valence-electron chi connectivity index (χ2n) is 9.30. The van der Waals surface area contributed by atoms with Crippen LogP contribution in [0.15, 0.2) is 24.5 Å². The van der Waals surface area contributed by atoms with Crippen LogP contribution in [-0.4, -0.2) is 58.8 Å². The Morgan fingerprint density at radius 2 is 1.73 bits per heavy atom. The van der Waals surface area contributed by atoms with Crippen molar-refractivity contribution in [2.24, 2.45) is 11.8 Å². The molecular weight excluding hydrogens is 376 g/mol. The second kappa shape index (κ2) is 10.4. The molecule has 4 rings (SSSR count). The maximum absolute atomic E-state index is 12.8. The fourth-order valence-electron chi connectivity index (χ4n) is 5.45. The largest absolute Gasteiger partial charge is 0.352 e. The predicted molar refractivity (Wildman–Crippen MR) is 117 cm³/mol. The number of nitrogens with zero attached hydrogens (tertiary/aromatic N) is 3. The Kier molecular flexibility index (Phi) is 7.37. The van der Waals surface area contributed by atoms with Gasteiger partial charge in [-0.05, 0) is 56.7 Å². The number of aromatic nitrogens is 1. The van der Waals surface area contributed by atoms with Crippen LogP contribution in [0.1, 0.15) is 63.4 Å². The molecule has 3 heterocycles. The standard InChI is InChI=1S/C24H36N4O2/c29-23(26-17-19-6-4-12-25-16-19)21-9-5-13-28(18-21)22-10-14-27(15-11-22)24(30)20-7-2-1-3-8-20/h4,6,12,16,20-22H,1-3,5,7-11,13-15,17-18H2,(H,26,29). The number of hydrogen-bond acceptors (Lipinski definition) is 4. The van der Waals surface area contributed by atoms with Gasteiger partial charge < -0.3 is 10.2 Å². The second-order valence-corrected chi connectivity index (χ2v) is 9.30. The summed E-state index contributed by atoms with van der Waals surface area (Å²) in [7, 11) is 0. The van der Waals surface area contributed by atoms with Crippen molar-refractivity contribution < 1.29 is 9.59 Å². The molecule has 1 unspecified atom stereocenters. The average molecular weight is 413 g/mol. The minimum Gasteiger partial charge on any atom is -0.352 e. The van der Waals surface area contributed by atoms with Gasteiger partial charge in [-0.1, -0.05) is 25.3 Å². The maximum atomic E-state index is 12.8. The Labute approximate surface area is 180 Å². The summed E-state index contributed by atoms with van der Waals surface area (Å²) in [6.07, 6.45) is 13.6. The van der Waals surface area contributed by atoms with Crippen molar-refractivity contribution in [2.75, 3.05) is 26.2 Å². The third kappa shape index (κ3) is 5.39. The maximum Gasteiger partial charge on any atom is 0.225 e. The smallest absolute Gasteiger partial charge is 0.225 e. The van der Waals surface area contributed by atoms with Crippen molar-refractivity contribution in [3.05, 3.63) is 30.1 Å². The van der Waals surface area contributed by atoms with Crippen molar-refractivity contribution in [3.63, 3.8) is 0 Å². The van der Waals surface area contributed by atoms with Gasteiger partial charge in [0.1, 0.15) is 0 Å². The summed E-state index contributed by atoms with van der Waals surface area (Å²) in [5.41, 5.74) is 1.04. The van der Waals surface area contributed by atoms with Crippen LogP contribution >= 0.6 is 0 Å². The van der Waals surface area contributed by atoms with Crippen LogP contribution in [0.2, 0.25) is 0 Å². The lowest BCUT2D eigenvalue weighted by atomic mass is 9.87. The lowest BCUT2D eigenvalue weighted by Crippen LogP contribution is -2.52. The van der Waals surface area contributed by atoms with Crippen LogP contribution in [0, 0.1) is 11.8 Å². The zero-order valence-corrected chi connectivity index (χ0v) is 18.1. The van der Waals surface area contributed by atoms with Gasteiger partial charge in [0, 0.05) is 50.5 Å². The summed E-state index contributed by atoms with van der Waals surface area (Å²) in [6, 6.07) is 4.40. The van der Waals surface area contributed by atoms with Crippen molar-refractivity contribution in [3.8, 4) is 0 Å². The van der Waals surface area contributed by atoms with E-state index in [1.54, 1.807) is 12.4 Å². The zero-order chi connectivity index (χ0) is 20.8. The Hall–Kier alpha value is -1.95. The van der Waals surface area contributed by atoms with Crippen LogP contribution < -0.4 is 5.32 Å². The topological polar surface area (TPSA) is 65.5 Å². The molecule has 0 radical (unpaired) electrons. The quantitative estimate of drug-likeness (QED) is 0.807. The first-order valence-corrected chi connectivity index (χ1v) is 11.9. The molecule has 2 amide bonds. The molecule has 1 aliphatic carbocycles. The molecule has 164 valence electrons. The van der Waals surface area contributed by atoms with E-state index in [1.807, 2.05) is 12.1 Å². The SMILES string of the molecule is O=C(NCc1cccnc1)C1CCCN(C2CCN(C(=O)C3CCCCC3)CC2)C1. The van der Waals surface area contributed by atoms with E-state index >= 15 is 0 Å². The molecule has 0 spiro atoms. The summed E-state index contributed by atoms with van der Waals surface area (Å²) in [5.74, 6) is 0.906. The minimum atomic E-state index is 0.0670. The number of piperidine rings is 2. The van der Waals surface area contributed by atoms with Crippen molar-refractivity contribution in [1.82, 2.24) is 20.1 Å². The highest BCUT2D eigenvalue weighted by molar-refractivity contribution is 5.79. The number of pyridine rings is 1. The Morgan fingerprint density at radius 1 is 0.967 bits per heavy atom. The fraction of sp³-hybridized carbons (Fsp3) is 0.708. The third-order valence-corrected chi connectivity index (χ3v) is 7.26. The number of nitrogens with one attached hydrogen (secondary N) is 1. The highest BCUT2D eigenvalue weighted by atomic mass is 16.2. The lowest BCUT2D eigenvalue weighted by molar-refractivity contribution is -0.138. The van der Waals surface area contributed by atoms with E-state index in [-0.39, 0.29) is 17.7 Å². The third-order valence-electron chi connectivity index (χ3n) is 7.26. The number of hydrogen-bond donors (Lipinski definition) is 1. The molecule has 1 N–H and O–H groups in total. The molecule has 6 heteroatoms. The van der Waals surface area contributed by atoms with Crippen molar-refractivity contribution in [2.45, 2.75) is 70.4 Å². The predicted octanol–water partition coefficient (Wildman–Crippen LogP) is 2.98. The van der Waals surface area contributed by atoms with E-state index in [2.05, 4.69) is 20.1 Å². The number of rotatable bonds is 5. The number of carbonyl (C=O) groups is 2. The summed E-state index contributed by atoms with van der Waals surface area (Å²) in [4.78, 5) is 34.3. The summed E-state index contributed by atoms with van der Waals surface area (Å²) in [5, 5.41) is 3.09. The highest BCUT2D eigenvalue weighted by Gasteiger charge is 2.34. The monoisotopic (exact) mass is 412 g/mol. The van der Waals surface area contributed by atoms with E-state index in [0.717, 1.165) is 70.3 Å². The Morgan fingerprint density at radius 3 is 2.47 bits per heavy atom. The van der Waals surface area contributed by atoms with E-state index in [1.165, 1.54) is 19.3 Å². The molecule has 1 atom stereocenters. The molecule has 0 aromatic carbocycles. The Bertz CT molecular complexity index is 696. The molecule has 2 saturated heterocycles. The van der Waals surface area contributed by atoms with Crippen LogP contribution in [0.5, 0.6) is 0 Å². The molecule has 0 bridgehead atoms. The summed E-state index contributed by atoms with van der Waals surface area (Å²) in [6.45, 7) is 4.24. The molecule has 3 fully saturated rings. The van der Waals surface area contributed by atoms with Crippen molar-refractivity contribution >= 4 is 11.8 Å². The molecule has 3 aliphatic rings. The van der Waals surface area contributed by atoms with E-state index in [4.69, 9.17) is 0 Å². The van der Waals surface area contributed by atoms with E-state index in [0.29, 0.717) is 18.5 Å². The highest BCUT2D eigenvalue weighted by Crippen LogP contribution is 2.28. The van der Waals surface area contributed by atoms with E-state index in [9.17, 15) is 9.59 Å². The van der Waals surface area contributed by atoms with Crippen LogP contribution in [0.4, 0.5) is 0 Å². The lowest BCUT2D eigenvalue weighted by Gasteiger charge is -2.42. The molecule has 1 saturated carbocycles. The number of carbonyl (C=O) groups excluding carboxylic acids is 2. The zero-order valence-electron chi connectivity index (χ0n) is 18.1. The molecule has 6 nitrogen and oxygen atoms in total. The van der Waals surface area contributed by atoms with Crippen molar-refractivity contribution in [1.29, 1.82) is 0 Å². The van der Waals surface area contributed by atoms with Gasteiger partial charge in [-0.15, -0.1) is 0 Å². The van der Waals surface area contributed by atoms with Gasteiger partial charge in [0.25, 0.3) is 0 Å². The van der Waals surface area contributed by atoms with Crippen LogP contribution in [0.25, 0.3) is 0 Å². The molecular formula is C24H36N4O2. The summed E-state index contributed by atoms with van der Waals surface area (Å²) >= 11 is 0. The van der Waals surface area contributed by atoms with Gasteiger partial charge in [0.05, 0.1) is 5.92 Å². The number of likely N-dealkylation sites (tertiary alicyclic amines) is 2. The molecule has 2 aliphatic heterocycles.